The summed E-state index contributed by atoms with van der Waals surface area (Å²) < 4.78 is 0. The van der Waals surface area contributed by atoms with Gasteiger partial charge >= 0.3 is 0 Å². The summed E-state index contributed by atoms with van der Waals surface area (Å²) >= 11 is 0. The Morgan fingerprint density at radius 3 is 2.38 bits per heavy atom. The molecule has 5 N–H and O–H groups in total. The lowest BCUT2D eigenvalue weighted by atomic mass is 10.3. The third kappa shape index (κ3) is 6.51. The highest BCUT2D eigenvalue weighted by Crippen LogP contribution is 1.78. The van der Waals surface area contributed by atoms with Crippen LogP contribution >= 0.6 is 0 Å². The largest absolute Gasteiger partial charge is 0.353 e. The summed E-state index contributed by atoms with van der Waals surface area (Å²) in [7, 11) is 0. The van der Waals surface area contributed by atoms with Gasteiger partial charge in [-0.15, -0.1) is 0 Å². The summed E-state index contributed by atoms with van der Waals surface area (Å²) in [5, 5.41) is 5.94. The van der Waals surface area contributed by atoms with Crippen LogP contribution in [0.4, 0.5) is 0 Å². The minimum Gasteiger partial charge on any atom is -0.353 e. The van der Waals surface area contributed by atoms with Crippen molar-refractivity contribution in [3.63, 3.8) is 0 Å². The Balaban J connectivity index is 3.37. The van der Waals surface area contributed by atoms with E-state index in [4.69, 9.17) is 5.84 Å². The summed E-state index contributed by atoms with van der Waals surface area (Å²) in [6, 6.07) is 0.112. The third-order valence-corrected chi connectivity index (χ3v) is 1.62. The minimum atomic E-state index is -0.334. The van der Waals surface area contributed by atoms with Crippen molar-refractivity contribution in [2.75, 3.05) is 13.1 Å². The fraction of sp³-hybridized carbons (Fsp3) is 0.875. The van der Waals surface area contributed by atoms with Crippen molar-refractivity contribution in [3.05, 3.63) is 0 Å². The Kier molecular flexibility index (Phi) is 6.48. The Morgan fingerprint density at radius 1 is 1.31 bits per heavy atom. The van der Waals surface area contributed by atoms with Gasteiger partial charge in [-0.25, -0.2) is 5.43 Å². The summed E-state index contributed by atoms with van der Waals surface area (Å²) in [6.45, 7) is 7.24. The molecule has 5 nitrogen and oxygen atoms in total. The van der Waals surface area contributed by atoms with Gasteiger partial charge in [0.05, 0.1) is 6.04 Å². The number of hydrogen-bond donors (Lipinski definition) is 4. The van der Waals surface area contributed by atoms with Gasteiger partial charge < -0.3 is 10.6 Å². The van der Waals surface area contributed by atoms with Gasteiger partial charge in [-0.2, -0.15) is 0 Å². The first-order valence-electron chi connectivity index (χ1n) is 4.55. The first kappa shape index (κ1) is 12.3. The van der Waals surface area contributed by atoms with Crippen LogP contribution < -0.4 is 21.9 Å². The first-order chi connectivity index (χ1) is 6.07. The molecule has 0 saturated heterocycles. The molecule has 0 aromatic heterocycles. The summed E-state index contributed by atoms with van der Waals surface area (Å²) in [5.41, 5.74) is 2.38. The average molecular weight is 188 g/mol. The maximum Gasteiger partial charge on any atom is 0.238 e. The fourth-order valence-electron chi connectivity index (χ4n) is 0.775. The van der Waals surface area contributed by atoms with Gasteiger partial charge in [-0.05, 0) is 6.92 Å². The molecule has 0 fully saturated rings. The van der Waals surface area contributed by atoms with E-state index in [1.165, 1.54) is 0 Å². The van der Waals surface area contributed by atoms with Crippen LogP contribution in [0.1, 0.15) is 20.8 Å². The molecule has 0 rings (SSSR count). The fourth-order valence-corrected chi connectivity index (χ4v) is 0.775. The lowest BCUT2D eigenvalue weighted by Gasteiger charge is -2.12. The molecule has 0 aromatic carbocycles. The zero-order chi connectivity index (χ0) is 10.3. The van der Waals surface area contributed by atoms with Crippen molar-refractivity contribution in [1.29, 1.82) is 0 Å². The smallest absolute Gasteiger partial charge is 0.238 e. The molecule has 0 aliphatic rings. The Hall–Kier alpha value is -0.650. The van der Waals surface area contributed by atoms with Crippen LogP contribution in [0.2, 0.25) is 0 Å². The highest BCUT2D eigenvalue weighted by atomic mass is 16.2. The van der Waals surface area contributed by atoms with E-state index in [-0.39, 0.29) is 11.9 Å². The number of hydrogen-bond acceptors (Lipinski definition) is 4. The number of amides is 1. The molecular weight excluding hydrogens is 168 g/mol. The molecule has 0 aliphatic carbocycles. The molecule has 0 heterocycles. The van der Waals surface area contributed by atoms with Crippen molar-refractivity contribution in [2.24, 2.45) is 5.84 Å². The molecule has 0 aromatic rings. The lowest BCUT2D eigenvalue weighted by molar-refractivity contribution is -0.122. The van der Waals surface area contributed by atoms with E-state index >= 15 is 0 Å². The zero-order valence-corrected chi connectivity index (χ0v) is 8.55. The van der Waals surface area contributed by atoms with Gasteiger partial charge in [-0.3, -0.25) is 10.6 Å². The standard InChI is InChI=1S/C8H20N4O/c1-6(2)10-4-5-11-8(13)7(3)12-9/h6-7,10,12H,4-5,9H2,1-3H3,(H,11,13). The number of hydrazine groups is 1. The number of nitrogens with two attached hydrogens (primary N) is 1. The molecule has 5 heteroatoms. The SMILES string of the molecule is CC(C)NCCNC(=O)C(C)NN. The van der Waals surface area contributed by atoms with Gasteiger partial charge in [0.15, 0.2) is 0 Å². The molecule has 0 saturated carbocycles. The van der Waals surface area contributed by atoms with E-state index in [9.17, 15) is 4.79 Å². The molecule has 0 radical (unpaired) electrons. The van der Waals surface area contributed by atoms with E-state index < -0.39 is 0 Å². The molecule has 1 amide bonds. The molecule has 13 heavy (non-hydrogen) atoms. The Bertz CT molecular complexity index is 149. The predicted molar refractivity (Wildman–Crippen MR) is 52.9 cm³/mol. The maximum absolute atomic E-state index is 11.1. The molecule has 0 spiro atoms. The molecule has 0 aliphatic heterocycles. The topological polar surface area (TPSA) is 79.2 Å². The number of carbonyl (C=O) groups excluding carboxylic acids is 1. The number of nitrogens with one attached hydrogen (secondary N) is 3. The normalized spacial score (nSPS) is 13.0. The third-order valence-electron chi connectivity index (χ3n) is 1.62. The van der Waals surface area contributed by atoms with Gasteiger partial charge in [0.25, 0.3) is 0 Å². The van der Waals surface area contributed by atoms with Crippen molar-refractivity contribution in [1.82, 2.24) is 16.1 Å². The Labute approximate surface area is 79.4 Å². The van der Waals surface area contributed by atoms with Gasteiger partial charge in [0, 0.05) is 19.1 Å². The maximum atomic E-state index is 11.1. The first-order valence-corrected chi connectivity index (χ1v) is 4.55. The van der Waals surface area contributed by atoms with Crippen LogP contribution in [0.5, 0.6) is 0 Å². The highest BCUT2D eigenvalue weighted by Gasteiger charge is 2.08. The molecule has 1 atom stereocenters. The summed E-state index contributed by atoms with van der Waals surface area (Å²) in [5.74, 6) is 5.02. The summed E-state index contributed by atoms with van der Waals surface area (Å²) in [4.78, 5) is 11.1. The van der Waals surface area contributed by atoms with Crippen molar-refractivity contribution >= 4 is 5.91 Å². The van der Waals surface area contributed by atoms with Crippen LogP contribution in [-0.2, 0) is 4.79 Å². The van der Waals surface area contributed by atoms with E-state index in [1.54, 1.807) is 6.92 Å². The second kappa shape index (κ2) is 6.82. The van der Waals surface area contributed by atoms with Crippen LogP contribution in [-0.4, -0.2) is 31.1 Å². The predicted octanol–water partition coefficient (Wildman–Crippen LogP) is -1.05. The van der Waals surface area contributed by atoms with Crippen LogP contribution in [0.15, 0.2) is 0 Å². The zero-order valence-electron chi connectivity index (χ0n) is 8.55. The summed E-state index contributed by atoms with van der Waals surface area (Å²) in [6.07, 6.45) is 0. The van der Waals surface area contributed by atoms with Crippen molar-refractivity contribution in [2.45, 2.75) is 32.9 Å². The van der Waals surface area contributed by atoms with Crippen molar-refractivity contribution < 1.29 is 4.79 Å². The van der Waals surface area contributed by atoms with Crippen LogP contribution in [0.25, 0.3) is 0 Å². The van der Waals surface area contributed by atoms with Crippen LogP contribution in [0, 0.1) is 0 Å². The second-order valence-corrected chi connectivity index (χ2v) is 3.29. The van der Waals surface area contributed by atoms with Crippen LogP contribution in [0.3, 0.4) is 0 Å². The average Bonchev–Trinajstić information content (AvgIpc) is 2.10. The highest BCUT2D eigenvalue weighted by molar-refractivity contribution is 5.81. The van der Waals surface area contributed by atoms with E-state index in [0.29, 0.717) is 12.6 Å². The van der Waals surface area contributed by atoms with E-state index in [2.05, 4.69) is 29.9 Å². The number of rotatable bonds is 6. The molecule has 0 bridgehead atoms. The van der Waals surface area contributed by atoms with E-state index in [0.717, 1.165) is 6.54 Å². The van der Waals surface area contributed by atoms with Gasteiger partial charge in [-0.1, -0.05) is 13.8 Å². The minimum absolute atomic E-state index is 0.0759. The second-order valence-electron chi connectivity index (χ2n) is 3.29. The quantitative estimate of drug-likeness (QED) is 0.244. The lowest BCUT2D eigenvalue weighted by Crippen LogP contribution is -2.47. The van der Waals surface area contributed by atoms with Gasteiger partial charge in [0.2, 0.25) is 5.91 Å². The molecule has 1 unspecified atom stereocenters. The molecule has 78 valence electrons. The monoisotopic (exact) mass is 188 g/mol. The molecular formula is C8H20N4O. The van der Waals surface area contributed by atoms with Crippen molar-refractivity contribution in [3.8, 4) is 0 Å². The van der Waals surface area contributed by atoms with E-state index in [1.807, 2.05) is 0 Å². The Morgan fingerprint density at radius 2 is 1.92 bits per heavy atom. The van der Waals surface area contributed by atoms with Gasteiger partial charge in [0.1, 0.15) is 0 Å². The number of carbonyl (C=O) groups is 1.